The van der Waals surface area contributed by atoms with Gasteiger partial charge in [-0.1, -0.05) is 146 Å². The van der Waals surface area contributed by atoms with E-state index in [-0.39, 0.29) is 6.04 Å². The summed E-state index contributed by atoms with van der Waals surface area (Å²) in [5, 5.41) is 6.47. The minimum Gasteiger partial charge on any atom is -0.456 e. The molecule has 0 saturated heterocycles. The summed E-state index contributed by atoms with van der Waals surface area (Å²) in [6.07, 6.45) is 0. The fourth-order valence-electron chi connectivity index (χ4n) is 7.28. The fourth-order valence-corrected chi connectivity index (χ4v) is 7.28. The van der Waals surface area contributed by atoms with Gasteiger partial charge in [-0.25, -0.2) is 4.99 Å². The molecule has 4 heteroatoms. The van der Waals surface area contributed by atoms with E-state index >= 15 is 0 Å². The van der Waals surface area contributed by atoms with Gasteiger partial charge in [-0.3, -0.25) is 4.99 Å². The molecule has 9 aromatic rings. The van der Waals surface area contributed by atoms with Crippen LogP contribution in [-0.2, 0) is 0 Å². The number of rotatable bonds is 6. The van der Waals surface area contributed by atoms with E-state index in [0.717, 1.165) is 71.7 Å². The van der Waals surface area contributed by atoms with Crippen LogP contribution in [0.2, 0.25) is 0 Å². The molecule has 1 heterocycles. The Hall–Kier alpha value is -6.78. The number of aliphatic imine (C=N–C) groups is 2. The average molecular weight is 670 g/mol. The molecular formula is C48H35N3O. The van der Waals surface area contributed by atoms with Crippen LogP contribution in [0, 0.1) is 0 Å². The lowest BCUT2D eigenvalue weighted by molar-refractivity contribution is 0.669. The standard InChI is InChI=1S/C48H35N3O/c1-31(32-14-4-2-5-15-32)50-48(41-27-26-38(34-17-6-3-7-18-34)39-20-10-11-21-40(39)41)51-47(49)43-29-37(36-25-24-33-16-8-9-19-35(33)28-36)30-45-46(43)42-22-12-13-23-44(42)52-45/h2-31H,1H3,(H2,49,50,51). The molecule has 248 valence electrons. The Kier molecular flexibility index (Phi) is 7.90. The summed E-state index contributed by atoms with van der Waals surface area (Å²) in [4.78, 5) is 10.6. The summed E-state index contributed by atoms with van der Waals surface area (Å²) < 4.78 is 6.48. The minimum absolute atomic E-state index is 0.168. The molecule has 0 radical (unpaired) electrons. The van der Waals surface area contributed by atoms with Gasteiger partial charge in [-0.15, -0.1) is 0 Å². The summed E-state index contributed by atoms with van der Waals surface area (Å²) >= 11 is 0. The average Bonchev–Trinajstić information content (AvgIpc) is 3.59. The van der Waals surface area contributed by atoms with Crippen molar-refractivity contribution in [2.24, 2.45) is 15.7 Å². The molecule has 0 fully saturated rings. The van der Waals surface area contributed by atoms with Crippen molar-refractivity contribution >= 4 is 55.2 Å². The van der Waals surface area contributed by atoms with Crippen LogP contribution in [0.3, 0.4) is 0 Å². The van der Waals surface area contributed by atoms with Crippen LogP contribution >= 0.6 is 0 Å². The van der Waals surface area contributed by atoms with Crippen LogP contribution in [0.5, 0.6) is 0 Å². The highest BCUT2D eigenvalue weighted by molar-refractivity contribution is 6.23. The maximum atomic E-state index is 7.19. The number of hydrogen-bond donors (Lipinski definition) is 1. The van der Waals surface area contributed by atoms with Crippen LogP contribution in [0.4, 0.5) is 0 Å². The smallest absolute Gasteiger partial charge is 0.158 e. The van der Waals surface area contributed by atoms with Gasteiger partial charge in [0.15, 0.2) is 5.84 Å². The second kappa shape index (κ2) is 13.2. The summed E-state index contributed by atoms with van der Waals surface area (Å²) in [5.41, 5.74) is 16.0. The highest BCUT2D eigenvalue weighted by Gasteiger charge is 2.19. The third-order valence-electron chi connectivity index (χ3n) is 9.91. The van der Waals surface area contributed by atoms with Gasteiger partial charge in [0.25, 0.3) is 0 Å². The number of benzene rings is 8. The highest BCUT2D eigenvalue weighted by atomic mass is 16.3. The van der Waals surface area contributed by atoms with E-state index in [2.05, 4.69) is 140 Å². The van der Waals surface area contributed by atoms with Gasteiger partial charge in [-0.05, 0) is 86.6 Å². The Labute approximate surface area is 302 Å². The van der Waals surface area contributed by atoms with Crippen molar-refractivity contribution in [3.63, 3.8) is 0 Å². The number of para-hydroxylation sites is 1. The van der Waals surface area contributed by atoms with Crippen molar-refractivity contribution in [3.05, 3.63) is 193 Å². The van der Waals surface area contributed by atoms with E-state index in [9.17, 15) is 0 Å². The lowest BCUT2D eigenvalue weighted by Crippen LogP contribution is -2.17. The van der Waals surface area contributed by atoms with E-state index in [1.165, 1.54) is 10.8 Å². The zero-order valence-electron chi connectivity index (χ0n) is 28.7. The van der Waals surface area contributed by atoms with Crippen molar-refractivity contribution in [1.82, 2.24) is 0 Å². The topological polar surface area (TPSA) is 63.9 Å². The molecule has 0 amide bonds. The predicted octanol–water partition coefficient (Wildman–Crippen LogP) is 12.1. The zero-order chi connectivity index (χ0) is 35.0. The van der Waals surface area contributed by atoms with E-state index in [0.29, 0.717) is 11.7 Å². The number of hydrogen-bond acceptors (Lipinski definition) is 2. The molecular weight excluding hydrogens is 635 g/mol. The summed E-state index contributed by atoms with van der Waals surface area (Å²) in [6.45, 7) is 2.10. The summed E-state index contributed by atoms with van der Waals surface area (Å²) in [6, 6.07) is 60.7. The number of fused-ring (bicyclic) bond motifs is 5. The Balaban J connectivity index is 1.27. The third kappa shape index (κ3) is 5.70. The van der Waals surface area contributed by atoms with Gasteiger partial charge in [0.2, 0.25) is 0 Å². The van der Waals surface area contributed by atoms with Crippen LogP contribution in [0.1, 0.15) is 29.7 Å². The molecule has 4 nitrogen and oxygen atoms in total. The molecule has 2 N–H and O–H groups in total. The lowest BCUT2D eigenvalue weighted by atomic mass is 9.94. The minimum atomic E-state index is -0.168. The zero-order valence-corrected chi connectivity index (χ0v) is 28.7. The first-order valence-corrected chi connectivity index (χ1v) is 17.6. The summed E-state index contributed by atoms with van der Waals surface area (Å²) in [5.74, 6) is 0.941. The molecule has 1 unspecified atom stereocenters. The SMILES string of the molecule is CC(N=C(N=C(N)c1cc(-c2ccc3ccccc3c2)cc2oc3ccccc3c12)c1ccc(-c2ccccc2)c2ccccc12)c1ccccc1. The first kappa shape index (κ1) is 31.2. The Morgan fingerprint density at radius 1 is 0.519 bits per heavy atom. The van der Waals surface area contributed by atoms with E-state index in [1.54, 1.807) is 0 Å². The lowest BCUT2D eigenvalue weighted by Gasteiger charge is -2.15. The van der Waals surface area contributed by atoms with E-state index < -0.39 is 0 Å². The second-order valence-electron chi connectivity index (χ2n) is 13.2. The molecule has 8 aromatic carbocycles. The van der Waals surface area contributed by atoms with Gasteiger partial charge in [-0.2, -0.15) is 0 Å². The maximum Gasteiger partial charge on any atom is 0.158 e. The van der Waals surface area contributed by atoms with Gasteiger partial charge >= 0.3 is 0 Å². The maximum absolute atomic E-state index is 7.19. The normalized spacial score (nSPS) is 12.9. The van der Waals surface area contributed by atoms with Gasteiger partial charge in [0.05, 0.1) is 6.04 Å². The largest absolute Gasteiger partial charge is 0.456 e. The van der Waals surface area contributed by atoms with Crippen molar-refractivity contribution in [1.29, 1.82) is 0 Å². The Morgan fingerprint density at radius 3 is 2.00 bits per heavy atom. The van der Waals surface area contributed by atoms with Gasteiger partial charge in [0.1, 0.15) is 17.0 Å². The fraction of sp³-hybridized carbons (Fsp3) is 0.0417. The molecule has 9 rings (SSSR count). The number of furan rings is 1. The number of nitrogens with zero attached hydrogens (tertiary/aromatic N) is 2. The van der Waals surface area contributed by atoms with Gasteiger partial charge < -0.3 is 10.2 Å². The van der Waals surface area contributed by atoms with Crippen LogP contribution in [0.25, 0.3) is 65.7 Å². The molecule has 0 aliphatic rings. The molecule has 0 saturated carbocycles. The quantitative estimate of drug-likeness (QED) is 0.141. The van der Waals surface area contributed by atoms with Crippen molar-refractivity contribution in [2.45, 2.75) is 13.0 Å². The molecule has 1 aromatic heterocycles. The second-order valence-corrected chi connectivity index (χ2v) is 13.2. The molecule has 1 atom stereocenters. The van der Waals surface area contributed by atoms with E-state index in [1.807, 2.05) is 42.5 Å². The molecule has 0 spiro atoms. The predicted molar refractivity (Wildman–Crippen MR) is 218 cm³/mol. The molecule has 0 aliphatic carbocycles. The Bertz CT molecular complexity index is 2810. The van der Waals surface area contributed by atoms with Crippen LogP contribution < -0.4 is 5.73 Å². The van der Waals surface area contributed by atoms with Crippen molar-refractivity contribution in [3.8, 4) is 22.3 Å². The summed E-state index contributed by atoms with van der Waals surface area (Å²) in [7, 11) is 0. The first-order chi connectivity index (χ1) is 25.6. The van der Waals surface area contributed by atoms with Crippen LogP contribution in [0.15, 0.2) is 190 Å². The van der Waals surface area contributed by atoms with Crippen molar-refractivity contribution < 1.29 is 4.42 Å². The van der Waals surface area contributed by atoms with E-state index in [4.69, 9.17) is 20.1 Å². The van der Waals surface area contributed by atoms with Crippen LogP contribution in [-0.4, -0.2) is 11.7 Å². The number of nitrogens with two attached hydrogens (primary N) is 1. The first-order valence-electron chi connectivity index (χ1n) is 17.6. The molecule has 0 bridgehead atoms. The van der Waals surface area contributed by atoms with Gasteiger partial charge in [0, 0.05) is 21.9 Å². The molecule has 52 heavy (non-hydrogen) atoms. The number of amidine groups is 2. The third-order valence-corrected chi connectivity index (χ3v) is 9.91. The molecule has 0 aliphatic heterocycles. The highest BCUT2D eigenvalue weighted by Crippen LogP contribution is 2.37. The Morgan fingerprint density at radius 2 is 1.19 bits per heavy atom. The van der Waals surface area contributed by atoms with Crippen molar-refractivity contribution in [2.75, 3.05) is 0 Å². The monoisotopic (exact) mass is 669 g/mol.